The van der Waals surface area contributed by atoms with Gasteiger partial charge < -0.3 is 20.1 Å². The number of hydrogen-bond acceptors (Lipinski definition) is 5. The number of hydrazone groups is 1. The summed E-state index contributed by atoms with van der Waals surface area (Å²) in [5.41, 5.74) is 8.55. The van der Waals surface area contributed by atoms with Gasteiger partial charge in [0.25, 0.3) is 5.91 Å². The minimum Gasteiger partial charge on any atom is -0.493 e. The first kappa shape index (κ1) is 18.0. The molecule has 3 N–H and O–H groups in total. The van der Waals surface area contributed by atoms with Crippen molar-refractivity contribution in [3.05, 3.63) is 23.8 Å². The van der Waals surface area contributed by atoms with Crippen molar-refractivity contribution >= 4 is 29.5 Å². The Morgan fingerprint density at radius 2 is 2.12 bits per heavy atom. The number of carbonyl (C=O) groups excluding carboxylic acids is 1. The lowest BCUT2D eigenvalue weighted by molar-refractivity contribution is -0.134. The van der Waals surface area contributed by atoms with E-state index in [-0.39, 0.29) is 17.6 Å². The topological polar surface area (TPSA) is 89.2 Å². The van der Waals surface area contributed by atoms with Crippen LogP contribution >= 0.6 is 12.2 Å². The Morgan fingerprint density at radius 1 is 1.38 bits per heavy atom. The molecule has 1 aliphatic rings. The van der Waals surface area contributed by atoms with Crippen LogP contribution in [0.5, 0.6) is 11.5 Å². The molecule has 1 aromatic carbocycles. The first-order valence-corrected chi connectivity index (χ1v) is 8.18. The van der Waals surface area contributed by atoms with Gasteiger partial charge in [-0.25, -0.2) is 0 Å². The zero-order chi connectivity index (χ0) is 17.4. The Hall–Kier alpha value is -2.35. The summed E-state index contributed by atoms with van der Waals surface area (Å²) in [6.45, 7) is 1.63. The quantitative estimate of drug-likeness (QED) is 0.456. The Morgan fingerprint density at radius 3 is 2.79 bits per heavy atom. The fourth-order valence-electron chi connectivity index (χ4n) is 2.43. The lowest BCUT2D eigenvalue weighted by atomic mass is 10.1. The SMILES string of the molecule is COc1cc(/C=N/NC(N)=S)ccc1OCC(=O)N1CCCCC1. The van der Waals surface area contributed by atoms with Crippen LogP contribution in [0.2, 0.25) is 0 Å². The number of nitrogens with zero attached hydrogens (tertiary/aromatic N) is 2. The lowest BCUT2D eigenvalue weighted by Gasteiger charge is -2.26. The van der Waals surface area contributed by atoms with E-state index in [4.69, 9.17) is 15.2 Å². The summed E-state index contributed by atoms with van der Waals surface area (Å²) in [6.07, 6.45) is 4.86. The van der Waals surface area contributed by atoms with Gasteiger partial charge in [0, 0.05) is 13.1 Å². The molecule has 1 fully saturated rings. The van der Waals surface area contributed by atoms with Crippen molar-refractivity contribution in [1.82, 2.24) is 10.3 Å². The molecule has 130 valence electrons. The van der Waals surface area contributed by atoms with E-state index in [9.17, 15) is 4.79 Å². The Bertz CT molecular complexity index is 615. The van der Waals surface area contributed by atoms with Crippen LogP contribution in [0.1, 0.15) is 24.8 Å². The molecule has 2 rings (SSSR count). The van der Waals surface area contributed by atoms with Gasteiger partial charge >= 0.3 is 0 Å². The van der Waals surface area contributed by atoms with Gasteiger partial charge in [0.15, 0.2) is 23.2 Å². The largest absolute Gasteiger partial charge is 0.493 e. The smallest absolute Gasteiger partial charge is 0.260 e. The van der Waals surface area contributed by atoms with Crippen LogP contribution in [0.25, 0.3) is 0 Å². The highest BCUT2D eigenvalue weighted by Gasteiger charge is 2.17. The number of nitrogens with two attached hydrogens (primary N) is 1. The number of benzene rings is 1. The van der Waals surface area contributed by atoms with E-state index < -0.39 is 0 Å². The van der Waals surface area contributed by atoms with Crippen molar-refractivity contribution in [2.75, 3.05) is 26.8 Å². The second-order valence-corrected chi connectivity index (χ2v) is 5.81. The van der Waals surface area contributed by atoms with Crippen LogP contribution in [-0.4, -0.2) is 48.9 Å². The first-order chi connectivity index (χ1) is 11.6. The highest BCUT2D eigenvalue weighted by molar-refractivity contribution is 7.80. The van der Waals surface area contributed by atoms with E-state index in [2.05, 4.69) is 22.7 Å². The van der Waals surface area contributed by atoms with Crippen LogP contribution in [0, 0.1) is 0 Å². The molecule has 1 aromatic rings. The van der Waals surface area contributed by atoms with Crippen LogP contribution in [0.15, 0.2) is 23.3 Å². The second-order valence-electron chi connectivity index (χ2n) is 5.37. The number of piperidine rings is 1. The summed E-state index contributed by atoms with van der Waals surface area (Å²) < 4.78 is 10.9. The number of carbonyl (C=O) groups is 1. The van der Waals surface area contributed by atoms with Crippen molar-refractivity contribution in [3.8, 4) is 11.5 Å². The van der Waals surface area contributed by atoms with Gasteiger partial charge in [-0.3, -0.25) is 10.2 Å². The van der Waals surface area contributed by atoms with Crippen molar-refractivity contribution in [2.24, 2.45) is 10.8 Å². The average Bonchev–Trinajstić information content (AvgIpc) is 2.60. The molecule has 0 bridgehead atoms. The summed E-state index contributed by atoms with van der Waals surface area (Å²) in [5, 5.41) is 3.98. The van der Waals surface area contributed by atoms with Gasteiger partial charge in [0.05, 0.1) is 13.3 Å². The van der Waals surface area contributed by atoms with Crippen LogP contribution in [-0.2, 0) is 4.79 Å². The van der Waals surface area contributed by atoms with Crippen molar-refractivity contribution in [1.29, 1.82) is 0 Å². The highest BCUT2D eigenvalue weighted by atomic mass is 32.1. The molecule has 1 amide bonds. The van der Waals surface area contributed by atoms with Crippen molar-refractivity contribution < 1.29 is 14.3 Å². The molecule has 0 atom stereocenters. The van der Waals surface area contributed by atoms with Gasteiger partial charge in [-0.2, -0.15) is 5.10 Å². The third kappa shape index (κ3) is 5.38. The number of thiocarbonyl (C=S) groups is 1. The predicted octanol–water partition coefficient (Wildman–Crippen LogP) is 1.25. The molecule has 8 heteroatoms. The summed E-state index contributed by atoms with van der Waals surface area (Å²) in [7, 11) is 1.54. The molecule has 0 spiro atoms. The minimum absolute atomic E-state index is 0.00282. The lowest BCUT2D eigenvalue weighted by Crippen LogP contribution is -2.38. The third-order valence-electron chi connectivity index (χ3n) is 3.64. The van der Waals surface area contributed by atoms with Gasteiger partial charge in [-0.05, 0) is 55.2 Å². The van der Waals surface area contributed by atoms with Gasteiger partial charge in [-0.15, -0.1) is 0 Å². The second kappa shape index (κ2) is 9.07. The molecule has 0 aromatic heterocycles. The summed E-state index contributed by atoms with van der Waals surface area (Å²) >= 11 is 4.67. The maximum absolute atomic E-state index is 12.1. The van der Waals surface area contributed by atoms with Crippen LogP contribution in [0.4, 0.5) is 0 Å². The van der Waals surface area contributed by atoms with Gasteiger partial charge in [0.2, 0.25) is 0 Å². The van der Waals surface area contributed by atoms with E-state index in [1.54, 1.807) is 31.5 Å². The Labute approximate surface area is 146 Å². The standard InChI is InChI=1S/C16H22N4O3S/c1-22-14-9-12(10-18-19-16(17)24)5-6-13(14)23-11-15(21)20-7-3-2-4-8-20/h5-6,9-10H,2-4,7-8,11H2,1H3,(H3,17,19,24)/b18-10+. The number of likely N-dealkylation sites (tertiary alicyclic amines) is 1. The summed E-state index contributed by atoms with van der Waals surface area (Å²) in [6, 6.07) is 5.30. The molecule has 0 aliphatic carbocycles. The number of ether oxygens (including phenoxy) is 2. The molecule has 0 saturated carbocycles. The maximum atomic E-state index is 12.1. The summed E-state index contributed by atoms with van der Waals surface area (Å²) in [4.78, 5) is 14.0. The molecular weight excluding hydrogens is 328 g/mol. The van der Waals surface area contributed by atoms with Crippen LogP contribution in [0.3, 0.4) is 0 Å². The van der Waals surface area contributed by atoms with Gasteiger partial charge in [0.1, 0.15) is 0 Å². The predicted molar refractivity (Wildman–Crippen MR) is 96.4 cm³/mol. The molecular formula is C16H22N4O3S. The minimum atomic E-state index is 0.00282. The number of methoxy groups -OCH3 is 1. The Kier molecular flexibility index (Phi) is 6.80. The van der Waals surface area contributed by atoms with E-state index in [1.165, 1.54) is 6.42 Å². The molecule has 24 heavy (non-hydrogen) atoms. The van der Waals surface area contributed by atoms with Crippen molar-refractivity contribution in [2.45, 2.75) is 19.3 Å². The number of rotatable bonds is 6. The monoisotopic (exact) mass is 350 g/mol. The molecule has 1 saturated heterocycles. The summed E-state index contributed by atoms with van der Waals surface area (Å²) in [5.74, 6) is 1.05. The zero-order valence-corrected chi connectivity index (χ0v) is 14.5. The maximum Gasteiger partial charge on any atom is 0.260 e. The number of amides is 1. The molecule has 0 radical (unpaired) electrons. The van der Waals surface area contributed by atoms with Crippen molar-refractivity contribution in [3.63, 3.8) is 0 Å². The van der Waals surface area contributed by atoms with Crippen LogP contribution < -0.4 is 20.6 Å². The third-order valence-corrected chi connectivity index (χ3v) is 3.73. The zero-order valence-electron chi connectivity index (χ0n) is 13.7. The number of nitrogens with one attached hydrogen (secondary N) is 1. The fraction of sp³-hybridized carbons (Fsp3) is 0.438. The van der Waals surface area contributed by atoms with Gasteiger partial charge in [-0.1, -0.05) is 0 Å². The molecule has 0 unspecified atom stereocenters. The molecule has 1 aliphatic heterocycles. The first-order valence-electron chi connectivity index (χ1n) is 7.77. The molecule has 1 heterocycles. The fourth-order valence-corrected chi connectivity index (χ4v) is 2.48. The van der Waals surface area contributed by atoms with E-state index >= 15 is 0 Å². The highest BCUT2D eigenvalue weighted by Crippen LogP contribution is 2.27. The van der Waals surface area contributed by atoms with E-state index in [1.807, 2.05) is 4.90 Å². The normalized spacial score (nSPS) is 14.5. The van der Waals surface area contributed by atoms with E-state index in [0.717, 1.165) is 31.5 Å². The number of hydrogen-bond donors (Lipinski definition) is 2. The molecule has 7 nitrogen and oxygen atoms in total. The Balaban J connectivity index is 1.95. The average molecular weight is 350 g/mol. The van der Waals surface area contributed by atoms with E-state index in [0.29, 0.717) is 11.5 Å².